The summed E-state index contributed by atoms with van der Waals surface area (Å²) < 4.78 is 30.9. The third kappa shape index (κ3) is 5.87. The van der Waals surface area contributed by atoms with E-state index < -0.39 is 10.0 Å². The second-order valence-electron chi connectivity index (χ2n) is 6.12. The van der Waals surface area contributed by atoms with Crippen molar-refractivity contribution in [3.05, 3.63) is 53.1 Å². The molecule has 0 aliphatic heterocycles. The summed E-state index contributed by atoms with van der Waals surface area (Å²) in [5.41, 5.74) is 1.90. The SMILES string of the molecule is COc1ccccc1NC(=O)CCCN(c1cc(Cl)ccc1C)S(C)(=O)=O. The van der Waals surface area contributed by atoms with Crippen LogP contribution in [0.2, 0.25) is 5.02 Å². The first-order valence-electron chi connectivity index (χ1n) is 8.39. The van der Waals surface area contributed by atoms with Gasteiger partial charge in [0.05, 0.1) is 24.7 Å². The average molecular weight is 411 g/mol. The summed E-state index contributed by atoms with van der Waals surface area (Å²) in [5.74, 6) is 0.355. The summed E-state index contributed by atoms with van der Waals surface area (Å²) in [6.45, 7) is 2.00. The van der Waals surface area contributed by atoms with E-state index in [1.54, 1.807) is 36.4 Å². The number of para-hydroxylation sites is 2. The van der Waals surface area contributed by atoms with Gasteiger partial charge in [-0.05, 0) is 43.2 Å². The molecule has 2 aromatic carbocycles. The quantitative estimate of drug-likeness (QED) is 0.717. The lowest BCUT2D eigenvalue weighted by Gasteiger charge is -2.24. The van der Waals surface area contributed by atoms with Crippen LogP contribution >= 0.6 is 11.6 Å². The maximum atomic E-state index is 12.2. The summed E-state index contributed by atoms with van der Waals surface area (Å²) >= 11 is 6.02. The molecule has 2 rings (SSSR count). The zero-order valence-electron chi connectivity index (χ0n) is 15.5. The smallest absolute Gasteiger partial charge is 0.232 e. The molecule has 0 atom stereocenters. The lowest BCUT2D eigenvalue weighted by molar-refractivity contribution is -0.116. The molecule has 1 amide bonds. The number of nitrogens with one attached hydrogen (secondary N) is 1. The molecular formula is C19H23ClN2O4S. The second kappa shape index (κ2) is 9.10. The summed E-state index contributed by atoms with van der Waals surface area (Å²) in [6, 6.07) is 12.2. The van der Waals surface area contributed by atoms with Crippen LogP contribution < -0.4 is 14.4 Å². The van der Waals surface area contributed by atoms with Crippen molar-refractivity contribution in [2.45, 2.75) is 19.8 Å². The average Bonchev–Trinajstić information content (AvgIpc) is 2.60. The van der Waals surface area contributed by atoms with E-state index in [9.17, 15) is 13.2 Å². The van der Waals surface area contributed by atoms with Crippen LogP contribution in [0.4, 0.5) is 11.4 Å². The van der Waals surface area contributed by atoms with Crippen molar-refractivity contribution < 1.29 is 17.9 Å². The number of hydrogen-bond donors (Lipinski definition) is 1. The van der Waals surface area contributed by atoms with Crippen molar-refractivity contribution >= 4 is 38.9 Å². The van der Waals surface area contributed by atoms with E-state index >= 15 is 0 Å². The molecule has 0 bridgehead atoms. The van der Waals surface area contributed by atoms with Crippen molar-refractivity contribution in [2.75, 3.05) is 29.5 Å². The lowest BCUT2D eigenvalue weighted by Crippen LogP contribution is -2.32. The number of hydrogen-bond acceptors (Lipinski definition) is 4. The Kier molecular flexibility index (Phi) is 7.10. The van der Waals surface area contributed by atoms with Crippen LogP contribution in [0, 0.1) is 6.92 Å². The number of halogens is 1. The summed E-state index contributed by atoms with van der Waals surface area (Å²) in [5, 5.41) is 3.24. The number of carbonyl (C=O) groups excluding carboxylic acids is 1. The molecule has 0 radical (unpaired) electrons. The standard InChI is InChI=1S/C19H23ClN2O4S/c1-14-10-11-15(20)13-17(14)22(27(3,24)25)12-6-9-19(23)21-16-7-4-5-8-18(16)26-2/h4-5,7-8,10-11,13H,6,9,12H2,1-3H3,(H,21,23). The fourth-order valence-corrected chi connectivity index (χ4v) is 3.84. The van der Waals surface area contributed by atoms with Gasteiger partial charge in [-0.3, -0.25) is 9.10 Å². The summed E-state index contributed by atoms with van der Waals surface area (Å²) in [7, 11) is -1.97. The zero-order valence-corrected chi connectivity index (χ0v) is 17.1. The number of aryl methyl sites for hydroxylation is 1. The number of carbonyl (C=O) groups is 1. The Balaban J connectivity index is 2.04. The van der Waals surface area contributed by atoms with E-state index in [1.165, 1.54) is 11.4 Å². The van der Waals surface area contributed by atoms with Gasteiger partial charge in [0.1, 0.15) is 5.75 Å². The molecule has 146 valence electrons. The largest absolute Gasteiger partial charge is 0.495 e. The van der Waals surface area contributed by atoms with Crippen LogP contribution in [-0.2, 0) is 14.8 Å². The van der Waals surface area contributed by atoms with E-state index in [0.29, 0.717) is 28.6 Å². The Hall–Kier alpha value is -2.25. The normalized spacial score (nSPS) is 11.1. The van der Waals surface area contributed by atoms with E-state index in [0.717, 1.165) is 11.8 Å². The van der Waals surface area contributed by atoms with Crippen LogP contribution in [0.15, 0.2) is 42.5 Å². The number of amides is 1. The predicted octanol–water partition coefficient (Wildman–Crippen LogP) is 3.84. The van der Waals surface area contributed by atoms with Crippen LogP contribution in [0.5, 0.6) is 5.75 Å². The molecule has 0 fully saturated rings. The van der Waals surface area contributed by atoms with Gasteiger partial charge in [0.25, 0.3) is 0 Å². The fourth-order valence-electron chi connectivity index (χ4n) is 2.66. The molecule has 27 heavy (non-hydrogen) atoms. The molecule has 0 spiro atoms. The highest BCUT2D eigenvalue weighted by Crippen LogP contribution is 2.27. The molecule has 1 N–H and O–H groups in total. The van der Waals surface area contributed by atoms with Gasteiger partial charge in [-0.1, -0.05) is 29.8 Å². The first-order valence-corrected chi connectivity index (χ1v) is 10.6. The van der Waals surface area contributed by atoms with Gasteiger partial charge in [0.2, 0.25) is 15.9 Å². The molecular weight excluding hydrogens is 388 g/mol. The number of nitrogens with zero attached hydrogens (tertiary/aromatic N) is 1. The van der Waals surface area contributed by atoms with Crippen LogP contribution in [-0.4, -0.2) is 34.2 Å². The fraction of sp³-hybridized carbons (Fsp3) is 0.316. The van der Waals surface area contributed by atoms with Gasteiger partial charge >= 0.3 is 0 Å². The first kappa shape index (κ1) is 21.1. The Labute approximate surface area is 165 Å². The molecule has 8 heteroatoms. The zero-order chi connectivity index (χ0) is 20.0. The minimum Gasteiger partial charge on any atom is -0.495 e. The number of benzene rings is 2. The second-order valence-corrected chi connectivity index (χ2v) is 8.46. The number of rotatable bonds is 8. The van der Waals surface area contributed by atoms with Crippen LogP contribution in [0.25, 0.3) is 0 Å². The third-order valence-corrected chi connectivity index (χ3v) is 5.40. The highest BCUT2D eigenvalue weighted by Gasteiger charge is 2.20. The third-order valence-electron chi connectivity index (χ3n) is 3.99. The first-order chi connectivity index (χ1) is 12.7. The molecule has 0 aliphatic rings. The predicted molar refractivity (Wildman–Crippen MR) is 109 cm³/mol. The van der Waals surface area contributed by atoms with Gasteiger partial charge in [-0.25, -0.2) is 8.42 Å². The van der Waals surface area contributed by atoms with E-state index in [4.69, 9.17) is 16.3 Å². The van der Waals surface area contributed by atoms with Crippen molar-refractivity contribution in [1.29, 1.82) is 0 Å². The highest BCUT2D eigenvalue weighted by atomic mass is 35.5. The monoisotopic (exact) mass is 410 g/mol. The van der Waals surface area contributed by atoms with Gasteiger partial charge in [-0.2, -0.15) is 0 Å². The molecule has 0 heterocycles. The Morgan fingerprint density at radius 3 is 2.59 bits per heavy atom. The Bertz CT molecular complexity index is 916. The molecule has 6 nitrogen and oxygen atoms in total. The van der Waals surface area contributed by atoms with E-state index in [2.05, 4.69) is 5.32 Å². The Morgan fingerprint density at radius 2 is 1.93 bits per heavy atom. The molecule has 0 unspecified atom stereocenters. The highest BCUT2D eigenvalue weighted by molar-refractivity contribution is 7.92. The number of anilines is 2. The van der Waals surface area contributed by atoms with Crippen molar-refractivity contribution in [2.24, 2.45) is 0 Å². The maximum Gasteiger partial charge on any atom is 0.232 e. The van der Waals surface area contributed by atoms with E-state index in [-0.39, 0.29) is 18.9 Å². The Morgan fingerprint density at radius 1 is 1.22 bits per heavy atom. The summed E-state index contributed by atoms with van der Waals surface area (Å²) in [6.07, 6.45) is 1.67. The summed E-state index contributed by atoms with van der Waals surface area (Å²) in [4.78, 5) is 12.2. The van der Waals surface area contributed by atoms with Crippen LogP contribution in [0.3, 0.4) is 0 Å². The minimum atomic E-state index is -3.50. The van der Waals surface area contributed by atoms with Gasteiger partial charge in [0.15, 0.2) is 0 Å². The molecule has 0 saturated carbocycles. The van der Waals surface area contributed by atoms with Crippen LogP contribution in [0.1, 0.15) is 18.4 Å². The van der Waals surface area contributed by atoms with Crippen molar-refractivity contribution in [3.63, 3.8) is 0 Å². The number of sulfonamides is 1. The molecule has 0 aromatic heterocycles. The minimum absolute atomic E-state index is 0.170. The van der Waals surface area contributed by atoms with Gasteiger partial charge in [0, 0.05) is 18.0 Å². The van der Waals surface area contributed by atoms with Crippen molar-refractivity contribution in [3.8, 4) is 5.75 Å². The number of methoxy groups -OCH3 is 1. The van der Waals surface area contributed by atoms with E-state index in [1.807, 2.05) is 13.0 Å². The molecule has 2 aromatic rings. The molecule has 0 aliphatic carbocycles. The van der Waals surface area contributed by atoms with Crippen molar-refractivity contribution in [1.82, 2.24) is 0 Å². The topological polar surface area (TPSA) is 75.7 Å². The van der Waals surface area contributed by atoms with Gasteiger partial charge in [-0.15, -0.1) is 0 Å². The lowest BCUT2D eigenvalue weighted by atomic mass is 10.2. The maximum absolute atomic E-state index is 12.2. The van der Waals surface area contributed by atoms with Gasteiger partial charge < -0.3 is 10.1 Å². The number of ether oxygens (including phenoxy) is 1. The molecule has 0 saturated heterocycles.